The van der Waals surface area contributed by atoms with Gasteiger partial charge in [0.05, 0.1) is 12.0 Å². The molecule has 1 fully saturated rings. The molecule has 2 atom stereocenters. The van der Waals surface area contributed by atoms with Crippen molar-refractivity contribution in [3.05, 3.63) is 65.7 Å². The number of nitrogens with one attached hydrogen (secondary N) is 3. The molecule has 0 spiro atoms. The molecule has 1 amide bonds. The first-order valence-corrected chi connectivity index (χ1v) is 7.19. The number of benzene rings is 2. The van der Waals surface area contributed by atoms with Gasteiger partial charge >= 0.3 is 0 Å². The number of amides is 1. The third kappa shape index (κ3) is 3.01. The standard InChI is InChI=1S/C18H17N3O/c1-2-13-7-6-10-15(11-13)20-18(22)16-12-19-21-17(16)14-8-4-3-5-9-14/h1,3-11,16-17,19,21H,12H2,(H,20,22). The molecule has 2 unspecified atom stereocenters. The van der Waals surface area contributed by atoms with Crippen LogP contribution in [0.25, 0.3) is 0 Å². The van der Waals surface area contributed by atoms with Gasteiger partial charge in [0.1, 0.15) is 0 Å². The number of carbonyl (C=O) groups is 1. The highest BCUT2D eigenvalue weighted by atomic mass is 16.2. The molecule has 1 saturated heterocycles. The summed E-state index contributed by atoms with van der Waals surface area (Å²) >= 11 is 0. The lowest BCUT2D eigenvalue weighted by atomic mass is 9.94. The van der Waals surface area contributed by atoms with Crippen molar-refractivity contribution in [2.24, 2.45) is 5.92 Å². The molecule has 0 radical (unpaired) electrons. The van der Waals surface area contributed by atoms with Crippen LogP contribution in [0.4, 0.5) is 5.69 Å². The van der Waals surface area contributed by atoms with Gasteiger partial charge in [0.25, 0.3) is 0 Å². The lowest BCUT2D eigenvalue weighted by Gasteiger charge is -2.18. The van der Waals surface area contributed by atoms with Gasteiger partial charge in [0.15, 0.2) is 0 Å². The molecule has 1 heterocycles. The molecule has 110 valence electrons. The maximum Gasteiger partial charge on any atom is 0.230 e. The van der Waals surface area contributed by atoms with Crippen molar-refractivity contribution in [2.45, 2.75) is 6.04 Å². The first-order valence-electron chi connectivity index (χ1n) is 7.19. The Morgan fingerprint density at radius 3 is 2.77 bits per heavy atom. The van der Waals surface area contributed by atoms with E-state index in [1.165, 1.54) is 0 Å². The van der Waals surface area contributed by atoms with E-state index in [9.17, 15) is 4.79 Å². The highest BCUT2D eigenvalue weighted by Crippen LogP contribution is 2.26. The van der Waals surface area contributed by atoms with Crippen LogP contribution in [-0.4, -0.2) is 12.5 Å². The molecule has 0 bridgehead atoms. The molecule has 1 aliphatic heterocycles. The van der Waals surface area contributed by atoms with Gasteiger partial charge in [-0.05, 0) is 23.8 Å². The second-order valence-electron chi connectivity index (χ2n) is 5.23. The summed E-state index contributed by atoms with van der Waals surface area (Å²) in [4.78, 5) is 12.6. The van der Waals surface area contributed by atoms with Crippen LogP contribution in [0.15, 0.2) is 54.6 Å². The SMILES string of the molecule is C#Cc1cccc(NC(=O)C2CNNC2c2ccccc2)c1. The lowest BCUT2D eigenvalue weighted by molar-refractivity contribution is -0.119. The molecule has 3 N–H and O–H groups in total. The number of terminal acetylenes is 1. The van der Waals surface area contributed by atoms with Gasteiger partial charge in [-0.25, -0.2) is 5.43 Å². The Bertz CT molecular complexity index is 706. The third-order valence-corrected chi connectivity index (χ3v) is 3.77. The summed E-state index contributed by atoms with van der Waals surface area (Å²) in [6.07, 6.45) is 5.39. The molecule has 0 aliphatic carbocycles. The van der Waals surface area contributed by atoms with E-state index < -0.39 is 0 Å². The van der Waals surface area contributed by atoms with Crippen LogP contribution in [0, 0.1) is 18.3 Å². The molecular weight excluding hydrogens is 274 g/mol. The van der Waals surface area contributed by atoms with Gasteiger partial charge in [-0.2, -0.15) is 0 Å². The van der Waals surface area contributed by atoms with Crippen LogP contribution in [0.5, 0.6) is 0 Å². The van der Waals surface area contributed by atoms with Crippen molar-refractivity contribution in [3.8, 4) is 12.3 Å². The topological polar surface area (TPSA) is 53.2 Å². The quantitative estimate of drug-likeness (QED) is 0.759. The van der Waals surface area contributed by atoms with E-state index in [0.29, 0.717) is 6.54 Å². The maximum atomic E-state index is 12.6. The zero-order chi connectivity index (χ0) is 15.4. The Morgan fingerprint density at radius 2 is 2.00 bits per heavy atom. The van der Waals surface area contributed by atoms with Gasteiger partial charge in [-0.15, -0.1) is 6.42 Å². The molecule has 2 aromatic carbocycles. The number of rotatable bonds is 3. The van der Waals surface area contributed by atoms with Crippen LogP contribution in [-0.2, 0) is 4.79 Å². The minimum absolute atomic E-state index is 0.0273. The van der Waals surface area contributed by atoms with Gasteiger partial charge < -0.3 is 5.32 Å². The predicted molar refractivity (Wildman–Crippen MR) is 86.8 cm³/mol. The Labute approximate surface area is 129 Å². The fraction of sp³-hybridized carbons (Fsp3) is 0.167. The fourth-order valence-corrected chi connectivity index (χ4v) is 2.64. The van der Waals surface area contributed by atoms with Crippen LogP contribution in [0.2, 0.25) is 0 Å². The third-order valence-electron chi connectivity index (χ3n) is 3.77. The molecule has 0 saturated carbocycles. The van der Waals surface area contributed by atoms with Crippen LogP contribution < -0.4 is 16.2 Å². The Kier molecular flexibility index (Phi) is 4.19. The monoisotopic (exact) mass is 291 g/mol. The summed E-state index contributed by atoms with van der Waals surface area (Å²) in [5.41, 5.74) is 8.80. The van der Waals surface area contributed by atoms with E-state index >= 15 is 0 Å². The minimum atomic E-state index is -0.183. The van der Waals surface area contributed by atoms with Crippen molar-refractivity contribution in [3.63, 3.8) is 0 Å². The normalized spacial score (nSPS) is 20.3. The van der Waals surface area contributed by atoms with Crippen molar-refractivity contribution in [1.82, 2.24) is 10.9 Å². The van der Waals surface area contributed by atoms with Crippen molar-refractivity contribution in [1.29, 1.82) is 0 Å². The van der Waals surface area contributed by atoms with Crippen molar-refractivity contribution in [2.75, 3.05) is 11.9 Å². The molecule has 1 aliphatic rings. The highest BCUT2D eigenvalue weighted by Gasteiger charge is 2.33. The van der Waals surface area contributed by atoms with Crippen molar-refractivity contribution < 1.29 is 4.79 Å². The second kappa shape index (κ2) is 6.44. The van der Waals surface area contributed by atoms with E-state index in [0.717, 1.165) is 16.8 Å². The van der Waals surface area contributed by atoms with Gasteiger partial charge in [-0.3, -0.25) is 10.2 Å². The first kappa shape index (κ1) is 14.3. The van der Waals surface area contributed by atoms with Gasteiger partial charge in [0.2, 0.25) is 5.91 Å². The largest absolute Gasteiger partial charge is 0.326 e. The summed E-state index contributed by atoms with van der Waals surface area (Å²) in [7, 11) is 0. The van der Waals surface area contributed by atoms with Crippen molar-refractivity contribution >= 4 is 11.6 Å². The van der Waals surface area contributed by atoms with Crippen LogP contribution >= 0.6 is 0 Å². The Balaban J connectivity index is 1.75. The number of anilines is 1. The summed E-state index contributed by atoms with van der Waals surface area (Å²) < 4.78 is 0. The maximum absolute atomic E-state index is 12.6. The molecule has 0 aromatic heterocycles. The number of hydrogen-bond donors (Lipinski definition) is 3. The van der Waals surface area contributed by atoms with Gasteiger partial charge in [0, 0.05) is 17.8 Å². The number of carbonyl (C=O) groups excluding carboxylic acids is 1. The Hall–Kier alpha value is -2.61. The predicted octanol–water partition coefficient (Wildman–Crippen LogP) is 2.07. The summed E-state index contributed by atoms with van der Waals surface area (Å²) in [5, 5.41) is 2.94. The van der Waals surface area contributed by atoms with E-state index in [-0.39, 0.29) is 17.9 Å². The van der Waals surface area contributed by atoms with Crippen LogP contribution in [0.3, 0.4) is 0 Å². The average molecular weight is 291 g/mol. The summed E-state index contributed by atoms with van der Waals surface area (Å²) in [5.74, 6) is 2.36. The zero-order valence-electron chi connectivity index (χ0n) is 12.0. The molecule has 4 nitrogen and oxygen atoms in total. The lowest BCUT2D eigenvalue weighted by Crippen LogP contribution is -2.29. The van der Waals surface area contributed by atoms with E-state index in [1.807, 2.05) is 48.5 Å². The summed E-state index contributed by atoms with van der Waals surface area (Å²) in [6, 6.07) is 17.2. The number of hydrazine groups is 1. The second-order valence-corrected chi connectivity index (χ2v) is 5.23. The number of hydrogen-bond acceptors (Lipinski definition) is 3. The van der Waals surface area contributed by atoms with Crippen LogP contribution in [0.1, 0.15) is 17.2 Å². The molecule has 4 heteroatoms. The van der Waals surface area contributed by atoms with E-state index in [4.69, 9.17) is 6.42 Å². The van der Waals surface area contributed by atoms with E-state index in [2.05, 4.69) is 22.1 Å². The molecule has 2 aromatic rings. The zero-order valence-corrected chi connectivity index (χ0v) is 12.0. The first-order chi connectivity index (χ1) is 10.8. The van der Waals surface area contributed by atoms with E-state index in [1.54, 1.807) is 6.07 Å². The van der Waals surface area contributed by atoms with Gasteiger partial charge in [-0.1, -0.05) is 42.3 Å². The molecular formula is C18H17N3O. The summed E-state index contributed by atoms with van der Waals surface area (Å²) in [6.45, 7) is 0.584. The smallest absolute Gasteiger partial charge is 0.230 e. The molecule has 3 rings (SSSR count). The fourth-order valence-electron chi connectivity index (χ4n) is 2.64. The highest BCUT2D eigenvalue weighted by molar-refractivity contribution is 5.93. The molecule has 22 heavy (non-hydrogen) atoms. The Morgan fingerprint density at radius 1 is 1.18 bits per heavy atom. The minimum Gasteiger partial charge on any atom is -0.326 e. The average Bonchev–Trinajstić information content (AvgIpc) is 3.05.